The number of aryl methyl sites for hydroxylation is 1. The third kappa shape index (κ3) is 3.98. The maximum atomic E-state index is 13.3. The zero-order valence-electron chi connectivity index (χ0n) is 16.2. The van der Waals surface area contributed by atoms with E-state index >= 15 is 0 Å². The van der Waals surface area contributed by atoms with Crippen LogP contribution in [0.1, 0.15) is 5.56 Å². The maximum absolute atomic E-state index is 13.3. The highest BCUT2D eigenvalue weighted by atomic mass is 32.2. The number of hydrogen-bond donors (Lipinski definition) is 0. The van der Waals surface area contributed by atoms with Gasteiger partial charge in [0.05, 0.1) is 21.3 Å². The van der Waals surface area contributed by atoms with Crippen molar-refractivity contribution in [3.8, 4) is 5.75 Å². The summed E-state index contributed by atoms with van der Waals surface area (Å²) in [5.41, 5.74) is 0.401. The summed E-state index contributed by atoms with van der Waals surface area (Å²) in [6.07, 6.45) is -0.0784. The van der Waals surface area contributed by atoms with Crippen LogP contribution in [0.15, 0.2) is 92.4 Å². The van der Waals surface area contributed by atoms with Crippen molar-refractivity contribution >= 4 is 19.7 Å². The predicted octanol–water partition coefficient (Wildman–Crippen LogP) is 3.44. The van der Waals surface area contributed by atoms with E-state index in [0.717, 1.165) is 0 Å². The summed E-state index contributed by atoms with van der Waals surface area (Å²) in [7, 11) is -7.92. The first-order chi connectivity index (χ1) is 14.3. The van der Waals surface area contributed by atoms with Crippen molar-refractivity contribution in [2.24, 2.45) is 0 Å². The molecule has 156 valence electrons. The van der Waals surface area contributed by atoms with Crippen LogP contribution in [0.3, 0.4) is 0 Å². The fourth-order valence-corrected chi connectivity index (χ4v) is 6.08. The van der Waals surface area contributed by atoms with E-state index in [1.54, 1.807) is 43.3 Å². The first-order valence-corrected chi connectivity index (χ1v) is 12.3. The average molecular weight is 445 g/mol. The van der Waals surface area contributed by atoms with E-state index in [1.807, 2.05) is 0 Å². The van der Waals surface area contributed by atoms with Crippen molar-refractivity contribution in [2.75, 3.05) is 13.2 Å². The number of ether oxygens (including phenoxy) is 2. The minimum Gasteiger partial charge on any atom is -0.489 e. The van der Waals surface area contributed by atoms with Crippen LogP contribution in [0.5, 0.6) is 5.75 Å². The molecule has 3 aromatic carbocycles. The van der Waals surface area contributed by atoms with Gasteiger partial charge in [-0.2, -0.15) is 0 Å². The van der Waals surface area contributed by atoms with Crippen molar-refractivity contribution < 1.29 is 26.3 Å². The highest BCUT2D eigenvalue weighted by Crippen LogP contribution is 2.36. The molecule has 0 bridgehead atoms. The minimum absolute atomic E-state index is 0.0597. The van der Waals surface area contributed by atoms with Crippen LogP contribution in [0.25, 0.3) is 0 Å². The highest BCUT2D eigenvalue weighted by molar-refractivity contribution is 7.92. The molecule has 1 unspecified atom stereocenters. The summed E-state index contributed by atoms with van der Waals surface area (Å²) in [6, 6.07) is 18.5. The van der Waals surface area contributed by atoms with E-state index in [9.17, 15) is 16.8 Å². The molecule has 0 radical (unpaired) electrons. The van der Waals surface area contributed by atoms with E-state index in [2.05, 4.69) is 0 Å². The summed E-state index contributed by atoms with van der Waals surface area (Å²) in [4.78, 5) is -0.103. The Kier molecular flexibility index (Phi) is 5.40. The molecule has 1 heterocycles. The molecule has 0 aliphatic carbocycles. The Bertz CT molecular complexity index is 1260. The summed E-state index contributed by atoms with van der Waals surface area (Å²) >= 11 is 0. The lowest BCUT2D eigenvalue weighted by Crippen LogP contribution is -2.12. The van der Waals surface area contributed by atoms with Crippen LogP contribution in [0.4, 0.5) is 0 Å². The van der Waals surface area contributed by atoms with E-state index in [1.165, 1.54) is 36.4 Å². The topological polar surface area (TPSA) is 90.0 Å². The van der Waals surface area contributed by atoms with Gasteiger partial charge in [-0.1, -0.05) is 36.4 Å². The van der Waals surface area contributed by atoms with Crippen LogP contribution in [-0.2, 0) is 24.4 Å². The monoisotopic (exact) mass is 444 g/mol. The molecule has 0 aromatic heterocycles. The quantitative estimate of drug-likeness (QED) is 0.519. The van der Waals surface area contributed by atoms with E-state index in [0.29, 0.717) is 12.2 Å². The van der Waals surface area contributed by atoms with Crippen molar-refractivity contribution in [1.29, 1.82) is 0 Å². The smallest absolute Gasteiger partial charge is 0.210 e. The second kappa shape index (κ2) is 7.86. The molecule has 1 saturated heterocycles. The van der Waals surface area contributed by atoms with Gasteiger partial charge in [-0.25, -0.2) is 16.8 Å². The van der Waals surface area contributed by atoms with Crippen molar-refractivity contribution in [2.45, 2.75) is 32.6 Å². The molecule has 0 N–H and O–H groups in total. The van der Waals surface area contributed by atoms with Gasteiger partial charge >= 0.3 is 0 Å². The number of benzene rings is 3. The molecule has 1 atom stereocenters. The normalized spacial score (nSPS) is 16.2. The molecular formula is C22H20O6S2. The van der Waals surface area contributed by atoms with Gasteiger partial charge in [0.25, 0.3) is 0 Å². The van der Waals surface area contributed by atoms with Crippen LogP contribution in [-0.4, -0.2) is 36.2 Å². The fraction of sp³-hybridized carbons (Fsp3) is 0.182. The van der Waals surface area contributed by atoms with Crippen LogP contribution in [0.2, 0.25) is 0 Å². The van der Waals surface area contributed by atoms with Crippen molar-refractivity contribution in [1.82, 2.24) is 0 Å². The Labute approximate surface area is 175 Å². The molecule has 4 rings (SSSR count). The average Bonchev–Trinajstić information content (AvgIpc) is 3.58. The van der Waals surface area contributed by atoms with Gasteiger partial charge in [0.2, 0.25) is 19.7 Å². The van der Waals surface area contributed by atoms with Gasteiger partial charge in [-0.05, 0) is 48.9 Å². The van der Waals surface area contributed by atoms with Gasteiger partial charge < -0.3 is 9.47 Å². The molecule has 6 nitrogen and oxygen atoms in total. The Balaban J connectivity index is 1.89. The van der Waals surface area contributed by atoms with Crippen LogP contribution in [0, 0.1) is 6.92 Å². The largest absolute Gasteiger partial charge is 0.489 e. The standard InChI is InChI=1S/C22H20O6S2/c1-16-12-20(28-15-17-14-27-17)22(30(25,26)19-10-6-3-7-11-19)13-21(16)29(23,24)18-8-4-2-5-9-18/h2-13,17H,14-15H2,1H3. The maximum Gasteiger partial charge on any atom is 0.210 e. The Hall–Kier alpha value is -2.68. The lowest BCUT2D eigenvalue weighted by atomic mass is 10.2. The lowest BCUT2D eigenvalue weighted by Gasteiger charge is -2.16. The van der Waals surface area contributed by atoms with Crippen molar-refractivity contribution in [3.63, 3.8) is 0 Å². The molecule has 3 aromatic rings. The lowest BCUT2D eigenvalue weighted by molar-refractivity contribution is 0.257. The first kappa shape index (κ1) is 20.6. The molecule has 1 aliphatic heterocycles. The first-order valence-electron chi connectivity index (χ1n) is 9.29. The highest BCUT2D eigenvalue weighted by Gasteiger charge is 2.30. The zero-order valence-corrected chi connectivity index (χ0v) is 17.8. The van der Waals surface area contributed by atoms with Gasteiger partial charge in [-0.15, -0.1) is 0 Å². The summed E-state index contributed by atoms with van der Waals surface area (Å²) in [6.45, 7) is 2.37. The molecule has 0 amide bonds. The van der Waals surface area contributed by atoms with Gasteiger partial charge in [-0.3, -0.25) is 0 Å². The second-order valence-electron chi connectivity index (χ2n) is 6.96. The van der Waals surface area contributed by atoms with Gasteiger partial charge in [0, 0.05) is 0 Å². The molecule has 0 spiro atoms. The molecule has 8 heteroatoms. The van der Waals surface area contributed by atoms with E-state index in [4.69, 9.17) is 9.47 Å². The molecular weight excluding hydrogens is 424 g/mol. The number of rotatable bonds is 7. The number of hydrogen-bond acceptors (Lipinski definition) is 6. The minimum atomic E-state index is -4.01. The fourth-order valence-electron chi connectivity index (χ4n) is 3.06. The second-order valence-corrected chi connectivity index (χ2v) is 10.8. The van der Waals surface area contributed by atoms with Gasteiger partial charge in [0.1, 0.15) is 23.4 Å². The predicted molar refractivity (Wildman–Crippen MR) is 110 cm³/mol. The SMILES string of the molecule is Cc1cc(OCC2CO2)c(S(=O)(=O)c2ccccc2)cc1S(=O)(=O)c1ccccc1. The number of epoxide rings is 1. The Morgan fingerprint density at radius 1 is 0.833 bits per heavy atom. The molecule has 0 saturated carbocycles. The Morgan fingerprint density at radius 3 is 1.83 bits per heavy atom. The van der Waals surface area contributed by atoms with E-state index in [-0.39, 0.29) is 38.0 Å². The van der Waals surface area contributed by atoms with E-state index < -0.39 is 19.7 Å². The third-order valence-electron chi connectivity index (χ3n) is 4.75. The van der Waals surface area contributed by atoms with Gasteiger partial charge in [0.15, 0.2) is 0 Å². The van der Waals surface area contributed by atoms with Crippen molar-refractivity contribution in [3.05, 3.63) is 78.4 Å². The molecule has 30 heavy (non-hydrogen) atoms. The summed E-state index contributed by atoms with van der Waals surface area (Å²) in [5.74, 6) is 0.110. The molecule has 1 aliphatic rings. The summed E-state index contributed by atoms with van der Waals surface area (Å²) < 4.78 is 63.9. The van der Waals surface area contributed by atoms with Crippen LogP contribution >= 0.6 is 0 Å². The zero-order chi connectivity index (χ0) is 21.4. The third-order valence-corrected chi connectivity index (χ3v) is 8.46. The molecule has 1 fully saturated rings. The van der Waals surface area contributed by atoms with Crippen LogP contribution < -0.4 is 4.74 Å². The Morgan fingerprint density at radius 2 is 1.33 bits per heavy atom. The number of sulfone groups is 2. The summed E-state index contributed by atoms with van der Waals surface area (Å²) in [5, 5.41) is 0.